The molecule has 0 aromatic heterocycles. The average molecular weight is 216 g/mol. The second kappa shape index (κ2) is 5.14. The molecule has 1 aromatic carbocycles. The molecule has 1 aliphatic carbocycles. The van der Waals surface area contributed by atoms with Gasteiger partial charge in [0, 0.05) is 12.6 Å². The zero-order valence-electron chi connectivity index (χ0n) is 9.32. The Labute approximate surface area is 96.3 Å². The van der Waals surface area contributed by atoms with E-state index in [-0.39, 0.29) is 6.67 Å². The predicted octanol–water partition coefficient (Wildman–Crippen LogP) is 2.06. The highest BCUT2D eigenvalue weighted by Crippen LogP contribution is 2.25. The number of rotatable bonds is 4. The summed E-state index contributed by atoms with van der Waals surface area (Å²) in [4.78, 5) is 2.07. The van der Waals surface area contributed by atoms with Gasteiger partial charge in [-0.2, -0.15) is 0 Å². The van der Waals surface area contributed by atoms with Crippen LogP contribution in [0.15, 0.2) is 24.3 Å². The monoisotopic (exact) mass is 216 g/mol. The molecule has 0 amide bonds. The van der Waals surface area contributed by atoms with E-state index in [1.54, 1.807) is 0 Å². The molecule has 16 heavy (non-hydrogen) atoms. The van der Waals surface area contributed by atoms with Crippen molar-refractivity contribution in [3.8, 4) is 12.3 Å². The molecule has 0 spiro atoms. The van der Waals surface area contributed by atoms with Crippen LogP contribution in [0.1, 0.15) is 11.1 Å². The molecular weight excluding hydrogens is 200 g/mol. The Morgan fingerprint density at radius 3 is 2.44 bits per heavy atom. The lowest BCUT2D eigenvalue weighted by Gasteiger charge is -2.25. The van der Waals surface area contributed by atoms with E-state index in [1.165, 1.54) is 11.1 Å². The summed E-state index contributed by atoms with van der Waals surface area (Å²) in [6.07, 6.45) is 7.31. The lowest BCUT2D eigenvalue weighted by Crippen LogP contribution is -2.37. The quantitative estimate of drug-likeness (QED) is 0.696. The first-order valence-corrected chi connectivity index (χ1v) is 5.65. The average Bonchev–Trinajstić information content (AvgIpc) is 2.72. The number of nitrogens with zero attached hydrogens (tertiary/aromatic N) is 1. The van der Waals surface area contributed by atoms with E-state index in [2.05, 4.69) is 35.1 Å². The van der Waals surface area contributed by atoms with Gasteiger partial charge in [-0.05, 0) is 24.0 Å². The van der Waals surface area contributed by atoms with Crippen LogP contribution < -0.4 is 0 Å². The third kappa shape index (κ3) is 2.25. The number of hydrogen-bond acceptors (Lipinski definition) is 1. The van der Waals surface area contributed by atoms with Crippen molar-refractivity contribution in [2.75, 3.05) is 19.8 Å². The molecule has 0 atom stereocenters. The van der Waals surface area contributed by atoms with Crippen molar-refractivity contribution in [1.82, 2.24) is 4.90 Å². The maximum atomic E-state index is 12.4. The molecule has 0 heterocycles. The summed E-state index contributed by atoms with van der Waals surface area (Å²) in [5, 5.41) is 0. The van der Waals surface area contributed by atoms with Gasteiger partial charge in [-0.15, -0.1) is 6.42 Å². The molecule has 1 aromatic rings. The molecular formula is C14H16FN. The fraction of sp³-hybridized carbons (Fsp3) is 0.429. The highest BCUT2D eigenvalue weighted by Gasteiger charge is 2.25. The van der Waals surface area contributed by atoms with Crippen LogP contribution in [0, 0.1) is 12.3 Å². The molecule has 0 saturated carbocycles. The number of halogens is 1. The van der Waals surface area contributed by atoms with Crippen LogP contribution in [0.4, 0.5) is 4.39 Å². The van der Waals surface area contributed by atoms with Gasteiger partial charge in [-0.25, -0.2) is 4.39 Å². The third-order valence-electron chi connectivity index (χ3n) is 3.21. The molecule has 0 radical (unpaired) electrons. The molecule has 1 aliphatic rings. The highest BCUT2D eigenvalue weighted by atomic mass is 18.2. The summed E-state index contributed by atoms with van der Waals surface area (Å²) >= 11 is 0. The van der Waals surface area contributed by atoms with Crippen molar-refractivity contribution in [3.63, 3.8) is 0 Å². The van der Waals surface area contributed by atoms with Gasteiger partial charge in [0.05, 0.1) is 6.54 Å². The summed E-state index contributed by atoms with van der Waals surface area (Å²) in [6.45, 7) is 0.667. The topological polar surface area (TPSA) is 3.24 Å². The van der Waals surface area contributed by atoms with Crippen LogP contribution in [0.5, 0.6) is 0 Å². The lowest BCUT2D eigenvalue weighted by molar-refractivity contribution is 0.208. The zero-order valence-corrected chi connectivity index (χ0v) is 9.32. The number of fused-ring (bicyclic) bond motifs is 1. The molecule has 0 unspecified atom stereocenters. The van der Waals surface area contributed by atoms with E-state index in [0.29, 0.717) is 19.1 Å². The zero-order chi connectivity index (χ0) is 11.4. The van der Waals surface area contributed by atoms with Gasteiger partial charge in [0.2, 0.25) is 0 Å². The second-order valence-corrected chi connectivity index (χ2v) is 4.19. The van der Waals surface area contributed by atoms with Gasteiger partial charge in [0.1, 0.15) is 6.67 Å². The van der Waals surface area contributed by atoms with Gasteiger partial charge in [-0.3, -0.25) is 4.90 Å². The largest absolute Gasteiger partial charge is 0.286 e. The normalized spacial score (nSPS) is 15.1. The van der Waals surface area contributed by atoms with Crippen molar-refractivity contribution < 1.29 is 4.39 Å². The first-order chi connectivity index (χ1) is 7.85. The molecule has 0 bridgehead atoms. The van der Waals surface area contributed by atoms with Crippen molar-refractivity contribution in [2.24, 2.45) is 0 Å². The second-order valence-electron chi connectivity index (χ2n) is 4.19. The predicted molar refractivity (Wildman–Crippen MR) is 64.0 cm³/mol. The molecule has 0 fully saturated rings. The Balaban J connectivity index is 2.06. The van der Waals surface area contributed by atoms with Gasteiger partial charge in [0.15, 0.2) is 0 Å². The van der Waals surface area contributed by atoms with E-state index in [4.69, 9.17) is 6.42 Å². The molecule has 0 saturated heterocycles. The number of alkyl halides is 1. The highest BCUT2D eigenvalue weighted by molar-refractivity contribution is 5.33. The minimum absolute atomic E-state index is 0.325. The van der Waals surface area contributed by atoms with E-state index in [9.17, 15) is 4.39 Å². The smallest absolute Gasteiger partial charge is 0.102 e. The SMILES string of the molecule is C#CCN(CC[18F])C1Cc2ccccc2C1. The summed E-state index contributed by atoms with van der Waals surface area (Å²) in [5.41, 5.74) is 2.77. The molecule has 84 valence electrons. The molecule has 0 aliphatic heterocycles. The number of hydrogen-bond donors (Lipinski definition) is 0. The minimum atomic E-state index is -0.325. The molecule has 2 heteroatoms. The third-order valence-corrected chi connectivity index (χ3v) is 3.21. The van der Waals surface area contributed by atoms with Crippen molar-refractivity contribution >= 4 is 0 Å². The van der Waals surface area contributed by atoms with Gasteiger partial charge < -0.3 is 0 Å². The van der Waals surface area contributed by atoms with Crippen molar-refractivity contribution in [1.29, 1.82) is 0 Å². The van der Waals surface area contributed by atoms with Crippen LogP contribution in [0.3, 0.4) is 0 Å². The van der Waals surface area contributed by atoms with E-state index < -0.39 is 0 Å². The number of terminal acetylenes is 1. The van der Waals surface area contributed by atoms with Crippen LogP contribution in [0.2, 0.25) is 0 Å². The van der Waals surface area contributed by atoms with Crippen LogP contribution >= 0.6 is 0 Å². The lowest BCUT2D eigenvalue weighted by atomic mass is 10.1. The molecule has 0 N–H and O–H groups in total. The van der Waals surface area contributed by atoms with Gasteiger partial charge >= 0.3 is 0 Å². The summed E-state index contributed by atoms with van der Waals surface area (Å²) < 4.78 is 12.4. The Morgan fingerprint density at radius 2 is 1.94 bits per heavy atom. The Bertz CT molecular complexity index is 369. The maximum Gasteiger partial charge on any atom is 0.102 e. The Hall–Kier alpha value is -1.33. The fourth-order valence-corrected chi connectivity index (χ4v) is 2.41. The first-order valence-electron chi connectivity index (χ1n) is 5.65. The number of benzene rings is 1. The van der Waals surface area contributed by atoms with Gasteiger partial charge in [-0.1, -0.05) is 30.2 Å². The summed E-state index contributed by atoms with van der Waals surface area (Å²) in [5.74, 6) is 2.62. The fourth-order valence-electron chi connectivity index (χ4n) is 2.41. The van der Waals surface area contributed by atoms with Crippen LogP contribution in [-0.2, 0) is 12.8 Å². The van der Waals surface area contributed by atoms with E-state index in [1.807, 2.05) is 0 Å². The van der Waals surface area contributed by atoms with Gasteiger partial charge in [0.25, 0.3) is 0 Å². The van der Waals surface area contributed by atoms with Crippen molar-refractivity contribution in [2.45, 2.75) is 18.9 Å². The minimum Gasteiger partial charge on any atom is -0.286 e. The standard InChI is InChI=1S/C14H16FN/c1-2-8-16(9-7-15)14-10-12-5-3-4-6-13(12)11-14/h1,3-6,14H,7-11H2/i15-1. The maximum absolute atomic E-state index is 12.4. The summed E-state index contributed by atoms with van der Waals surface area (Å²) in [6, 6.07) is 8.80. The first kappa shape index (κ1) is 11.2. The van der Waals surface area contributed by atoms with Crippen LogP contribution in [-0.4, -0.2) is 30.7 Å². The van der Waals surface area contributed by atoms with Crippen molar-refractivity contribution in [3.05, 3.63) is 35.4 Å². The van der Waals surface area contributed by atoms with E-state index >= 15 is 0 Å². The Kier molecular flexibility index (Phi) is 3.58. The summed E-state index contributed by atoms with van der Waals surface area (Å²) in [7, 11) is 0. The van der Waals surface area contributed by atoms with E-state index in [0.717, 1.165) is 12.8 Å². The molecule has 2 rings (SSSR count). The Morgan fingerprint density at radius 1 is 1.31 bits per heavy atom. The molecule has 1 nitrogen and oxygen atoms in total. The van der Waals surface area contributed by atoms with Crippen LogP contribution in [0.25, 0.3) is 0 Å².